The Hall–Kier alpha value is 0.0500. The Labute approximate surface area is 67.5 Å². The Morgan fingerprint density at radius 2 is 2.30 bits per heavy atom. The first-order chi connectivity index (χ1) is 4.66. The van der Waals surface area contributed by atoms with Crippen LogP contribution in [0.2, 0.25) is 0 Å². The lowest BCUT2D eigenvalue weighted by Gasteiger charge is -2.02. The van der Waals surface area contributed by atoms with Crippen LogP contribution in [0.15, 0.2) is 11.0 Å². The largest absolute Gasteiger partial charge is 0.393 e. The zero-order valence-electron chi connectivity index (χ0n) is 6.92. The molecule has 0 bridgehead atoms. The van der Waals surface area contributed by atoms with Crippen LogP contribution >= 0.6 is 11.8 Å². The lowest BCUT2D eigenvalue weighted by atomic mass is 10.4. The second-order valence-corrected chi connectivity index (χ2v) is 3.65. The van der Waals surface area contributed by atoms with Gasteiger partial charge in [0.1, 0.15) is 0 Å². The second kappa shape index (κ2) is 5.81. The van der Waals surface area contributed by atoms with Gasteiger partial charge < -0.3 is 5.11 Å². The van der Waals surface area contributed by atoms with E-state index in [0.717, 1.165) is 12.2 Å². The van der Waals surface area contributed by atoms with E-state index in [0.29, 0.717) is 0 Å². The fraction of sp³-hybridized carbons (Fsp3) is 0.750. The molecule has 0 heterocycles. The average Bonchev–Trinajstić information content (AvgIpc) is 1.85. The highest BCUT2D eigenvalue weighted by Gasteiger charge is 1.95. The summed E-state index contributed by atoms with van der Waals surface area (Å²) in [5.41, 5.74) is 0. The Balaban J connectivity index is 3.39. The Kier molecular flexibility index (Phi) is 5.84. The number of rotatable bonds is 4. The van der Waals surface area contributed by atoms with Crippen LogP contribution in [0.5, 0.6) is 0 Å². The summed E-state index contributed by atoms with van der Waals surface area (Å²) in [6.45, 7) is 6.01. The van der Waals surface area contributed by atoms with Gasteiger partial charge in [-0.25, -0.2) is 0 Å². The molecule has 1 atom stereocenters. The third-order valence-corrected chi connectivity index (χ3v) is 2.31. The van der Waals surface area contributed by atoms with Gasteiger partial charge in [0.15, 0.2) is 0 Å². The first-order valence-corrected chi connectivity index (χ1v) is 4.63. The van der Waals surface area contributed by atoms with Crippen LogP contribution in [0.1, 0.15) is 27.2 Å². The fourth-order valence-corrected chi connectivity index (χ4v) is 1.39. The maximum absolute atomic E-state index is 8.92. The quantitative estimate of drug-likeness (QED) is 0.681. The van der Waals surface area contributed by atoms with E-state index in [2.05, 4.69) is 19.9 Å². The van der Waals surface area contributed by atoms with E-state index in [1.54, 1.807) is 11.8 Å². The topological polar surface area (TPSA) is 20.2 Å². The minimum atomic E-state index is -0.190. The van der Waals surface area contributed by atoms with E-state index < -0.39 is 0 Å². The molecule has 2 heteroatoms. The minimum Gasteiger partial charge on any atom is -0.393 e. The molecule has 60 valence electrons. The van der Waals surface area contributed by atoms with Crippen LogP contribution in [-0.4, -0.2) is 17.0 Å². The van der Waals surface area contributed by atoms with Gasteiger partial charge in [-0.2, -0.15) is 0 Å². The van der Waals surface area contributed by atoms with E-state index in [1.807, 2.05) is 6.92 Å². The molecule has 10 heavy (non-hydrogen) atoms. The van der Waals surface area contributed by atoms with E-state index >= 15 is 0 Å². The second-order valence-electron chi connectivity index (χ2n) is 2.38. The number of hydrogen-bond donors (Lipinski definition) is 1. The molecule has 0 saturated heterocycles. The van der Waals surface area contributed by atoms with Crippen molar-refractivity contribution in [3.05, 3.63) is 11.0 Å². The molecule has 0 aromatic heterocycles. The molecular weight excluding hydrogens is 144 g/mol. The Bertz CT molecular complexity index is 108. The third-order valence-electron chi connectivity index (χ3n) is 1.04. The summed E-state index contributed by atoms with van der Waals surface area (Å²) in [6, 6.07) is 0. The highest BCUT2D eigenvalue weighted by molar-refractivity contribution is 8.03. The van der Waals surface area contributed by atoms with Crippen molar-refractivity contribution in [1.29, 1.82) is 0 Å². The maximum Gasteiger partial charge on any atom is 0.0605 e. The summed E-state index contributed by atoms with van der Waals surface area (Å²) >= 11 is 1.72. The van der Waals surface area contributed by atoms with Gasteiger partial charge in [-0.3, -0.25) is 0 Å². The molecule has 0 aliphatic rings. The Morgan fingerprint density at radius 1 is 1.70 bits per heavy atom. The molecule has 0 amide bonds. The maximum atomic E-state index is 8.92. The van der Waals surface area contributed by atoms with Gasteiger partial charge in [-0.15, -0.1) is 11.8 Å². The monoisotopic (exact) mass is 160 g/mol. The molecule has 0 aliphatic heterocycles. The van der Waals surface area contributed by atoms with Crippen molar-refractivity contribution in [2.24, 2.45) is 0 Å². The predicted octanol–water partition coefficient (Wildman–Crippen LogP) is 2.41. The van der Waals surface area contributed by atoms with Crippen molar-refractivity contribution in [3.63, 3.8) is 0 Å². The summed E-state index contributed by atoms with van der Waals surface area (Å²) in [6.07, 6.45) is 3.07. The SMILES string of the molecule is CCC=C(C)SCC(C)O. The molecule has 1 nitrogen and oxygen atoms in total. The van der Waals surface area contributed by atoms with Crippen molar-refractivity contribution in [2.75, 3.05) is 5.75 Å². The molecule has 0 aliphatic carbocycles. The van der Waals surface area contributed by atoms with Crippen LogP contribution in [0.3, 0.4) is 0 Å². The molecule has 0 spiro atoms. The summed E-state index contributed by atoms with van der Waals surface area (Å²) < 4.78 is 0. The standard InChI is InChI=1S/C8H16OS/c1-4-5-8(3)10-6-7(2)9/h5,7,9H,4,6H2,1-3H3. The molecule has 0 aromatic rings. The summed E-state index contributed by atoms with van der Waals surface area (Å²) in [5.74, 6) is 0.808. The summed E-state index contributed by atoms with van der Waals surface area (Å²) in [4.78, 5) is 1.31. The van der Waals surface area contributed by atoms with E-state index in [4.69, 9.17) is 5.11 Å². The van der Waals surface area contributed by atoms with Gasteiger partial charge in [0.05, 0.1) is 6.10 Å². The molecule has 1 N–H and O–H groups in total. The van der Waals surface area contributed by atoms with E-state index in [-0.39, 0.29) is 6.10 Å². The van der Waals surface area contributed by atoms with Crippen LogP contribution in [0.25, 0.3) is 0 Å². The van der Waals surface area contributed by atoms with Crippen LogP contribution in [0.4, 0.5) is 0 Å². The number of aliphatic hydroxyl groups excluding tert-OH is 1. The van der Waals surface area contributed by atoms with Crippen molar-refractivity contribution in [1.82, 2.24) is 0 Å². The zero-order chi connectivity index (χ0) is 7.98. The predicted molar refractivity (Wildman–Crippen MR) is 48.2 cm³/mol. The van der Waals surface area contributed by atoms with E-state index in [1.165, 1.54) is 4.91 Å². The lowest BCUT2D eigenvalue weighted by molar-refractivity contribution is 0.220. The van der Waals surface area contributed by atoms with Crippen LogP contribution < -0.4 is 0 Å². The summed E-state index contributed by atoms with van der Waals surface area (Å²) in [7, 11) is 0. The number of thioether (sulfide) groups is 1. The minimum absolute atomic E-state index is 0.190. The van der Waals surface area contributed by atoms with Gasteiger partial charge in [-0.1, -0.05) is 13.0 Å². The first-order valence-electron chi connectivity index (χ1n) is 3.64. The molecule has 0 aromatic carbocycles. The lowest BCUT2D eigenvalue weighted by Crippen LogP contribution is -2.02. The summed E-state index contributed by atoms with van der Waals surface area (Å²) in [5, 5.41) is 8.92. The van der Waals surface area contributed by atoms with Gasteiger partial charge >= 0.3 is 0 Å². The smallest absolute Gasteiger partial charge is 0.0605 e. The van der Waals surface area contributed by atoms with Crippen molar-refractivity contribution in [2.45, 2.75) is 33.3 Å². The van der Waals surface area contributed by atoms with Gasteiger partial charge in [-0.05, 0) is 25.2 Å². The molecule has 0 rings (SSSR count). The van der Waals surface area contributed by atoms with Gasteiger partial charge in [0, 0.05) is 5.75 Å². The third kappa shape index (κ3) is 6.17. The number of aliphatic hydroxyl groups is 1. The molecule has 1 unspecified atom stereocenters. The fourth-order valence-electron chi connectivity index (χ4n) is 0.598. The van der Waals surface area contributed by atoms with Crippen LogP contribution in [-0.2, 0) is 0 Å². The Morgan fingerprint density at radius 3 is 2.70 bits per heavy atom. The number of allylic oxidation sites excluding steroid dienone is 2. The molecule has 0 radical (unpaired) electrons. The zero-order valence-corrected chi connectivity index (χ0v) is 7.74. The first kappa shape index (κ1) is 10.0. The molecule has 0 saturated carbocycles. The van der Waals surface area contributed by atoms with Crippen molar-refractivity contribution in [3.8, 4) is 0 Å². The van der Waals surface area contributed by atoms with Crippen molar-refractivity contribution < 1.29 is 5.11 Å². The molecular formula is C8H16OS. The van der Waals surface area contributed by atoms with Gasteiger partial charge in [0.25, 0.3) is 0 Å². The molecule has 0 fully saturated rings. The highest BCUT2D eigenvalue weighted by Crippen LogP contribution is 2.15. The normalized spacial score (nSPS) is 15.4. The van der Waals surface area contributed by atoms with Crippen molar-refractivity contribution >= 4 is 11.8 Å². The number of hydrogen-bond acceptors (Lipinski definition) is 2. The van der Waals surface area contributed by atoms with E-state index in [9.17, 15) is 0 Å². The van der Waals surface area contributed by atoms with Gasteiger partial charge in [0.2, 0.25) is 0 Å². The highest BCUT2D eigenvalue weighted by atomic mass is 32.2. The van der Waals surface area contributed by atoms with Crippen LogP contribution in [0, 0.1) is 0 Å². The average molecular weight is 160 g/mol.